The topological polar surface area (TPSA) is 93.0 Å². The van der Waals surface area contributed by atoms with Gasteiger partial charge < -0.3 is 10.2 Å². The van der Waals surface area contributed by atoms with Gasteiger partial charge in [0.2, 0.25) is 5.91 Å². The first-order valence-electron chi connectivity index (χ1n) is 8.51. The molecule has 0 radical (unpaired) electrons. The van der Waals surface area contributed by atoms with Gasteiger partial charge in [0.15, 0.2) is 0 Å². The summed E-state index contributed by atoms with van der Waals surface area (Å²) in [6.45, 7) is 0.0398. The number of rotatable bonds is 5. The molecule has 0 bridgehead atoms. The maximum absolute atomic E-state index is 12.6. The Morgan fingerprint density at radius 1 is 1.20 bits per heavy atom. The average Bonchev–Trinajstić information content (AvgIpc) is 3.14. The molecule has 25 heavy (non-hydrogen) atoms. The number of hydrogen-bond donors (Lipinski definition) is 1. The standard InChI is InChI=1S/C17H22N6O2/c1-22(15-5-3-2-4-6-15)17(25)13-7-9-14(10-8-13)19-16(24)11-23-12-18-20-21-23/h7-10,12,15H,2-6,11H2,1H3,(H,19,24). The number of carbonyl (C=O) groups excluding carboxylic acids is 2. The molecule has 2 amide bonds. The third-order valence-electron chi connectivity index (χ3n) is 4.56. The summed E-state index contributed by atoms with van der Waals surface area (Å²) >= 11 is 0. The molecule has 8 heteroatoms. The molecule has 132 valence electrons. The van der Waals surface area contributed by atoms with Crippen molar-refractivity contribution in [3.05, 3.63) is 36.2 Å². The fourth-order valence-corrected chi connectivity index (χ4v) is 3.13. The van der Waals surface area contributed by atoms with Crippen molar-refractivity contribution >= 4 is 17.5 Å². The van der Waals surface area contributed by atoms with Crippen LogP contribution < -0.4 is 5.32 Å². The number of benzene rings is 1. The van der Waals surface area contributed by atoms with E-state index in [1.54, 1.807) is 24.3 Å². The van der Waals surface area contributed by atoms with Crippen molar-refractivity contribution in [2.45, 2.75) is 44.7 Å². The molecule has 0 atom stereocenters. The molecule has 0 unspecified atom stereocenters. The highest BCUT2D eigenvalue weighted by atomic mass is 16.2. The van der Waals surface area contributed by atoms with Crippen LogP contribution in [0, 0.1) is 0 Å². The van der Waals surface area contributed by atoms with Gasteiger partial charge in [-0.25, -0.2) is 4.68 Å². The van der Waals surface area contributed by atoms with Crippen molar-refractivity contribution in [2.24, 2.45) is 0 Å². The number of amides is 2. The number of tetrazole rings is 1. The Morgan fingerprint density at radius 2 is 1.92 bits per heavy atom. The zero-order chi connectivity index (χ0) is 17.6. The summed E-state index contributed by atoms with van der Waals surface area (Å²) in [5, 5.41) is 13.4. The molecular weight excluding hydrogens is 320 g/mol. The monoisotopic (exact) mass is 342 g/mol. The maximum atomic E-state index is 12.6. The van der Waals surface area contributed by atoms with Crippen molar-refractivity contribution < 1.29 is 9.59 Å². The smallest absolute Gasteiger partial charge is 0.253 e. The maximum Gasteiger partial charge on any atom is 0.253 e. The minimum absolute atomic E-state index is 0.0264. The highest BCUT2D eigenvalue weighted by Gasteiger charge is 2.22. The third-order valence-corrected chi connectivity index (χ3v) is 4.56. The zero-order valence-corrected chi connectivity index (χ0v) is 14.3. The second-order valence-corrected chi connectivity index (χ2v) is 6.34. The molecule has 3 rings (SSSR count). The zero-order valence-electron chi connectivity index (χ0n) is 14.3. The van der Waals surface area contributed by atoms with Crippen LogP contribution in [-0.2, 0) is 11.3 Å². The van der Waals surface area contributed by atoms with E-state index in [1.807, 2.05) is 11.9 Å². The molecule has 0 saturated heterocycles. The van der Waals surface area contributed by atoms with E-state index in [0.29, 0.717) is 17.3 Å². The normalized spacial score (nSPS) is 14.9. The van der Waals surface area contributed by atoms with Crippen molar-refractivity contribution in [1.82, 2.24) is 25.1 Å². The summed E-state index contributed by atoms with van der Waals surface area (Å²) in [5.74, 6) is -0.204. The molecule has 0 spiro atoms. The van der Waals surface area contributed by atoms with Gasteiger partial charge >= 0.3 is 0 Å². The number of hydrogen-bond acceptors (Lipinski definition) is 5. The minimum Gasteiger partial charge on any atom is -0.339 e. The lowest BCUT2D eigenvalue weighted by atomic mass is 9.94. The van der Waals surface area contributed by atoms with Gasteiger partial charge in [-0.2, -0.15) is 0 Å². The van der Waals surface area contributed by atoms with Crippen LogP contribution in [0.2, 0.25) is 0 Å². The molecule has 8 nitrogen and oxygen atoms in total. The van der Waals surface area contributed by atoms with Crippen LogP contribution >= 0.6 is 0 Å². The highest BCUT2D eigenvalue weighted by Crippen LogP contribution is 2.23. The van der Waals surface area contributed by atoms with Crippen molar-refractivity contribution in [3.8, 4) is 0 Å². The molecule has 1 aliphatic rings. The first-order valence-corrected chi connectivity index (χ1v) is 8.51. The van der Waals surface area contributed by atoms with E-state index in [9.17, 15) is 9.59 Å². The molecule has 2 aromatic rings. The van der Waals surface area contributed by atoms with Gasteiger partial charge in [0, 0.05) is 24.3 Å². The molecule has 0 aliphatic heterocycles. The summed E-state index contributed by atoms with van der Waals surface area (Å²) in [6, 6.07) is 7.29. The Morgan fingerprint density at radius 3 is 2.56 bits per heavy atom. The van der Waals surface area contributed by atoms with E-state index in [2.05, 4.69) is 20.8 Å². The SMILES string of the molecule is CN(C(=O)c1ccc(NC(=O)Cn2cnnn2)cc1)C1CCCCC1. The van der Waals surface area contributed by atoms with Crippen LogP contribution in [0.4, 0.5) is 5.69 Å². The van der Waals surface area contributed by atoms with Gasteiger partial charge in [0.25, 0.3) is 5.91 Å². The molecule has 1 aromatic heterocycles. The van der Waals surface area contributed by atoms with Crippen molar-refractivity contribution in [1.29, 1.82) is 0 Å². The van der Waals surface area contributed by atoms with E-state index in [4.69, 9.17) is 0 Å². The van der Waals surface area contributed by atoms with Crippen LogP contribution in [0.25, 0.3) is 0 Å². The van der Waals surface area contributed by atoms with Crippen LogP contribution in [0.1, 0.15) is 42.5 Å². The lowest BCUT2D eigenvalue weighted by molar-refractivity contribution is -0.116. The molecule has 1 N–H and O–H groups in total. The largest absolute Gasteiger partial charge is 0.339 e. The Balaban J connectivity index is 1.57. The Labute approximate surface area is 146 Å². The van der Waals surface area contributed by atoms with Gasteiger partial charge in [0.05, 0.1) is 0 Å². The molecule has 1 aromatic carbocycles. The summed E-state index contributed by atoms with van der Waals surface area (Å²) in [6.07, 6.45) is 7.17. The second-order valence-electron chi connectivity index (χ2n) is 6.34. The van der Waals surface area contributed by atoms with Gasteiger partial charge in [-0.3, -0.25) is 9.59 Å². The second kappa shape index (κ2) is 7.87. The third kappa shape index (κ3) is 4.40. The Hall–Kier alpha value is -2.77. The van der Waals surface area contributed by atoms with Crippen molar-refractivity contribution in [2.75, 3.05) is 12.4 Å². The molecule has 1 heterocycles. The fraction of sp³-hybridized carbons (Fsp3) is 0.471. The lowest BCUT2D eigenvalue weighted by Crippen LogP contribution is -2.38. The number of aromatic nitrogens is 4. The molecule has 1 saturated carbocycles. The molecule has 1 fully saturated rings. The molecule has 1 aliphatic carbocycles. The van der Waals surface area contributed by atoms with E-state index in [0.717, 1.165) is 12.8 Å². The molecular formula is C17H22N6O2. The quantitative estimate of drug-likeness (QED) is 0.893. The Kier molecular flexibility index (Phi) is 5.37. The first-order chi connectivity index (χ1) is 12.1. The van der Waals surface area contributed by atoms with Crippen LogP contribution in [0.5, 0.6) is 0 Å². The minimum atomic E-state index is -0.231. The van der Waals surface area contributed by atoms with Crippen LogP contribution in [0.3, 0.4) is 0 Å². The summed E-state index contributed by atoms with van der Waals surface area (Å²) < 4.78 is 1.34. The van der Waals surface area contributed by atoms with E-state index in [-0.39, 0.29) is 18.4 Å². The van der Waals surface area contributed by atoms with E-state index < -0.39 is 0 Å². The van der Waals surface area contributed by atoms with E-state index >= 15 is 0 Å². The number of nitrogens with zero attached hydrogens (tertiary/aromatic N) is 5. The number of carbonyl (C=O) groups is 2. The lowest BCUT2D eigenvalue weighted by Gasteiger charge is -2.31. The van der Waals surface area contributed by atoms with Gasteiger partial charge in [-0.05, 0) is 47.5 Å². The average molecular weight is 342 g/mol. The predicted octanol–water partition coefficient (Wildman–Crippen LogP) is 1.72. The van der Waals surface area contributed by atoms with Gasteiger partial charge in [-0.1, -0.05) is 19.3 Å². The number of anilines is 1. The van der Waals surface area contributed by atoms with E-state index in [1.165, 1.54) is 30.3 Å². The van der Waals surface area contributed by atoms with Crippen LogP contribution in [-0.4, -0.2) is 50.0 Å². The highest BCUT2D eigenvalue weighted by molar-refractivity contribution is 5.95. The van der Waals surface area contributed by atoms with Crippen LogP contribution in [0.15, 0.2) is 30.6 Å². The van der Waals surface area contributed by atoms with Gasteiger partial charge in [-0.15, -0.1) is 5.10 Å². The number of nitrogens with one attached hydrogen (secondary N) is 1. The van der Waals surface area contributed by atoms with Crippen molar-refractivity contribution in [3.63, 3.8) is 0 Å². The first kappa shape index (κ1) is 17.1. The summed E-state index contributed by atoms with van der Waals surface area (Å²) in [5.41, 5.74) is 1.27. The predicted molar refractivity (Wildman–Crippen MR) is 91.9 cm³/mol. The Bertz CT molecular complexity index is 707. The van der Waals surface area contributed by atoms with Gasteiger partial charge in [0.1, 0.15) is 12.9 Å². The fourth-order valence-electron chi connectivity index (χ4n) is 3.13. The summed E-state index contributed by atoms with van der Waals surface area (Å²) in [7, 11) is 1.88. The summed E-state index contributed by atoms with van der Waals surface area (Å²) in [4.78, 5) is 26.4.